The smallest absolute Gasteiger partial charge is 0.322 e. The number of amides is 2. The minimum absolute atomic E-state index is 0.0521. The number of carbonyl (C=O) groups is 1. The molecule has 2 atom stereocenters. The van der Waals surface area contributed by atoms with Crippen LogP contribution in [0.2, 0.25) is 0 Å². The van der Waals surface area contributed by atoms with Gasteiger partial charge in [0.25, 0.3) is 0 Å². The predicted molar refractivity (Wildman–Crippen MR) is 110 cm³/mol. The van der Waals surface area contributed by atoms with Gasteiger partial charge in [0.15, 0.2) is 0 Å². The van der Waals surface area contributed by atoms with Crippen LogP contribution in [-0.4, -0.2) is 47.3 Å². The molecule has 1 saturated heterocycles. The molecule has 1 aromatic carbocycles. The van der Waals surface area contributed by atoms with Gasteiger partial charge in [0.05, 0.1) is 30.1 Å². The van der Waals surface area contributed by atoms with Gasteiger partial charge in [-0.2, -0.15) is 0 Å². The first-order chi connectivity index (χ1) is 14.0. The Labute approximate surface area is 170 Å². The third kappa shape index (κ3) is 4.85. The van der Waals surface area contributed by atoms with Crippen LogP contribution in [-0.2, 0) is 11.3 Å². The van der Waals surface area contributed by atoms with Crippen LogP contribution in [0.1, 0.15) is 32.4 Å². The second-order valence-electron chi connectivity index (χ2n) is 7.94. The Hall–Kier alpha value is -2.67. The third-order valence-corrected chi connectivity index (χ3v) is 5.27. The zero-order chi connectivity index (χ0) is 20.4. The molecule has 1 saturated carbocycles. The number of aromatic nitrogens is 1. The molecule has 2 heterocycles. The fraction of sp³-hybridized carbons (Fsp3) is 0.455. The molecule has 0 bridgehead atoms. The Balaban J connectivity index is 1.44. The van der Waals surface area contributed by atoms with Crippen LogP contribution in [0.5, 0.6) is 0 Å². The maximum atomic E-state index is 14.8. The number of benzene rings is 1. The fourth-order valence-corrected chi connectivity index (χ4v) is 3.83. The summed E-state index contributed by atoms with van der Waals surface area (Å²) in [6.45, 7) is 5.72. The first-order valence-electron chi connectivity index (χ1n) is 10.2. The van der Waals surface area contributed by atoms with E-state index in [0.717, 1.165) is 18.5 Å². The second-order valence-corrected chi connectivity index (χ2v) is 7.94. The van der Waals surface area contributed by atoms with Crippen LogP contribution in [0.3, 0.4) is 0 Å². The van der Waals surface area contributed by atoms with Gasteiger partial charge in [-0.05, 0) is 57.0 Å². The molecule has 0 spiro atoms. The lowest BCUT2D eigenvalue weighted by Gasteiger charge is -2.37. The molecule has 1 N–H and O–H groups in total. The number of nitrogens with zero attached hydrogens (tertiary/aromatic N) is 3. The van der Waals surface area contributed by atoms with Crippen molar-refractivity contribution in [3.8, 4) is 0 Å². The number of nitrogens with one attached hydrogen (secondary N) is 1. The third-order valence-electron chi connectivity index (χ3n) is 5.27. The number of morpholine rings is 1. The summed E-state index contributed by atoms with van der Waals surface area (Å²) in [6.07, 6.45) is 3.80. The molecule has 0 radical (unpaired) electrons. The van der Waals surface area contributed by atoms with Gasteiger partial charge in [0.1, 0.15) is 5.82 Å². The molecule has 1 aromatic heterocycles. The van der Waals surface area contributed by atoms with E-state index >= 15 is 0 Å². The van der Waals surface area contributed by atoms with Gasteiger partial charge in [0, 0.05) is 31.0 Å². The van der Waals surface area contributed by atoms with E-state index in [2.05, 4.69) is 10.3 Å². The Morgan fingerprint density at radius 1 is 1.24 bits per heavy atom. The van der Waals surface area contributed by atoms with E-state index in [1.54, 1.807) is 23.2 Å². The van der Waals surface area contributed by atoms with Crippen molar-refractivity contribution in [3.05, 3.63) is 54.1 Å². The summed E-state index contributed by atoms with van der Waals surface area (Å²) in [5, 5.41) is 2.85. The average Bonchev–Trinajstić information content (AvgIpc) is 3.51. The first-order valence-corrected chi connectivity index (χ1v) is 10.2. The molecule has 154 valence electrons. The van der Waals surface area contributed by atoms with Gasteiger partial charge in [-0.3, -0.25) is 4.98 Å². The number of pyridine rings is 1. The number of anilines is 2. The maximum Gasteiger partial charge on any atom is 0.322 e. The van der Waals surface area contributed by atoms with Crippen molar-refractivity contribution in [2.45, 2.75) is 51.5 Å². The van der Waals surface area contributed by atoms with Crippen LogP contribution in [0.4, 0.5) is 20.6 Å². The Bertz CT molecular complexity index is 849. The van der Waals surface area contributed by atoms with E-state index in [1.165, 1.54) is 6.07 Å². The number of halogens is 1. The summed E-state index contributed by atoms with van der Waals surface area (Å²) in [7, 11) is 0. The quantitative estimate of drug-likeness (QED) is 0.826. The molecule has 1 aliphatic carbocycles. The minimum Gasteiger partial charge on any atom is -0.372 e. The van der Waals surface area contributed by atoms with Crippen LogP contribution < -0.4 is 10.2 Å². The average molecular weight is 398 g/mol. The number of hydrogen-bond acceptors (Lipinski definition) is 4. The predicted octanol–water partition coefficient (Wildman–Crippen LogP) is 4.03. The van der Waals surface area contributed by atoms with Gasteiger partial charge >= 0.3 is 6.03 Å². The van der Waals surface area contributed by atoms with Crippen molar-refractivity contribution in [3.63, 3.8) is 0 Å². The van der Waals surface area contributed by atoms with E-state index in [-0.39, 0.29) is 30.1 Å². The first kappa shape index (κ1) is 19.6. The summed E-state index contributed by atoms with van der Waals surface area (Å²) in [5.41, 5.74) is 1.83. The highest BCUT2D eigenvalue weighted by molar-refractivity contribution is 5.90. The number of urea groups is 1. The number of rotatable bonds is 5. The molecule has 2 amide bonds. The largest absolute Gasteiger partial charge is 0.372 e. The van der Waals surface area contributed by atoms with Crippen molar-refractivity contribution in [1.82, 2.24) is 9.88 Å². The van der Waals surface area contributed by atoms with E-state index < -0.39 is 0 Å². The summed E-state index contributed by atoms with van der Waals surface area (Å²) >= 11 is 0. The van der Waals surface area contributed by atoms with E-state index in [0.29, 0.717) is 31.0 Å². The number of carbonyl (C=O) groups excluding carboxylic acids is 1. The zero-order valence-electron chi connectivity index (χ0n) is 16.8. The highest BCUT2D eigenvalue weighted by atomic mass is 19.1. The van der Waals surface area contributed by atoms with Crippen molar-refractivity contribution in [1.29, 1.82) is 0 Å². The maximum absolute atomic E-state index is 14.8. The molecule has 2 aromatic rings. The van der Waals surface area contributed by atoms with Crippen molar-refractivity contribution < 1.29 is 13.9 Å². The number of ether oxygens (including phenoxy) is 1. The van der Waals surface area contributed by atoms with Crippen LogP contribution in [0, 0.1) is 5.82 Å². The highest BCUT2D eigenvalue weighted by Crippen LogP contribution is 2.30. The van der Waals surface area contributed by atoms with Crippen LogP contribution in [0.25, 0.3) is 0 Å². The van der Waals surface area contributed by atoms with Gasteiger partial charge in [-0.25, -0.2) is 9.18 Å². The summed E-state index contributed by atoms with van der Waals surface area (Å²) in [4.78, 5) is 20.9. The van der Waals surface area contributed by atoms with Crippen molar-refractivity contribution in [2.24, 2.45) is 0 Å². The lowest BCUT2D eigenvalue weighted by atomic mass is 10.2. The molecular formula is C22H27FN4O2. The minimum atomic E-state index is -0.341. The lowest BCUT2D eigenvalue weighted by molar-refractivity contribution is -0.00539. The summed E-state index contributed by atoms with van der Waals surface area (Å²) in [6, 6.07) is 10.5. The van der Waals surface area contributed by atoms with Gasteiger partial charge in [0.2, 0.25) is 0 Å². The lowest BCUT2D eigenvalue weighted by Crippen LogP contribution is -2.45. The molecule has 6 nitrogen and oxygen atoms in total. The van der Waals surface area contributed by atoms with Crippen LogP contribution in [0.15, 0.2) is 42.6 Å². The zero-order valence-corrected chi connectivity index (χ0v) is 16.8. The monoisotopic (exact) mass is 398 g/mol. The van der Waals surface area contributed by atoms with E-state index in [9.17, 15) is 9.18 Å². The van der Waals surface area contributed by atoms with E-state index in [4.69, 9.17) is 4.74 Å². The summed E-state index contributed by atoms with van der Waals surface area (Å²) in [5.74, 6) is -0.341. The molecule has 2 fully saturated rings. The summed E-state index contributed by atoms with van der Waals surface area (Å²) < 4.78 is 20.5. The van der Waals surface area contributed by atoms with Crippen LogP contribution >= 0.6 is 0 Å². The van der Waals surface area contributed by atoms with Crippen molar-refractivity contribution in [2.75, 3.05) is 23.3 Å². The fourth-order valence-electron chi connectivity index (χ4n) is 3.83. The van der Waals surface area contributed by atoms with E-state index in [1.807, 2.05) is 36.9 Å². The Kier molecular flexibility index (Phi) is 5.67. The molecule has 7 heteroatoms. The Morgan fingerprint density at radius 2 is 2.00 bits per heavy atom. The molecule has 29 heavy (non-hydrogen) atoms. The van der Waals surface area contributed by atoms with Gasteiger partial charge in [-0.1, -0.05) is 6.07 Å². The normalized spacial score (nSPS) is 21.7. The molecule has 2 aliphatic rings. The Morgan fingerprint density at radius 3 is 2.62 bits per heavy atom. The van der Waals surface area contributed by atoms with Gasteiger partial charge in [-0.15, -0.1) is 0 Å². The number of hydrogen-bond donors (Lipinski definition) is 1. The SMILES string of the molecule is C[C@@H]1CN(c2ccc(NC(=O)N(Cc3ccccn3)C3CC3)cc2F)C[C@H](C)O1. The van der Waals surface area contributed by atoms with Gasteiger partial charge < -0.3 is 19.9 Å². The highest BCUT2D eigenvalue weighted by Gasteiger charge is 2.33. The molecule has 1 aliphatic heterocycles. The molecular weight excluding hydrogens is 371 g/mol. The standard InChI is InChI=1S/C22H27FN4O2/c1-15-12-26(13-16(2)29-15)21-9-6-17(11-20(21)23)25-22(28)27(19-7-8-19)14-18-5-3-4-10-24-18/h3-6,9-11,15-16,19H,7-8,12-14H2,1-2H3,(H,25,28)/t15-,16+. The molecule has 4 rings (SSSR count). The second kappa shape index (κ2) is 8.37. The van der Waals surface area contributed by atoms with Crippen molar-refractivity contribution >= 4 is 17.4 Å². The topological polar surface area (TPSA) is 57.7 Å². The molecule has 0 unspecified atom stereocenters.